The molecule has 0 radical (unpaired) electrons. The van der Waals surface area contributed by atoms with Crippen molar-refractivity contribution in [3.8, 4) is 11.3 Å². The van der Waals surface area contributed by atoms with Crippen molar-refractivity contribution in [1.29, 1.82) is 0 Å². The highest BCUT2D eigenvalue weighted by molar-refractivity contribution is 7.08. The first-order chi connectivity index (χ1) is 19.9. The molecule has 3 atom stereocenters. The number of aliphatic carboxylic acids is 1. The number of fused-ring (bicyclic) bond motifs is 1. The summed E-state index contributed by atoms with van der Waals surface area (Å²) in [4.78, 5) is 58.1. The third-order valence-corrected chi connectivity index (χ3v) is 8.18. The molecule has 2 N–H and O–H groups in total. The zero-order valence-corrected chi connectivity index (χ0v) is 23.1. The topological polar surface area (TPSA) is 123 Å². The predicted molar refractivity (Wildman–Crippen MR) is 147 cm³/mol. The lowest BCUT2D eigenvalue weighted by Gasteiger charge is -2.42. The zero-order valence-electron chi connectivity index (χ0n) is 22.2. The molecule has 1 aliphatic carbocycles. The quantitative estimate of drug-likeness (QED) is 0.412. The van der Waals surface area contributed by atoms with Crippen molar-refractivity contribution in [2.24, 2.45) is 0 Å². The summed E-state index contributed by atoms with van der Waals surface area (Å²) >= 11 is 1.56. The first-order valence-electron chi connectivity index (χ1n) is 13.0. The lowest BCUT2D eigenvalue weighted by atomic mass is 9.97. The summed E-state index contributed by atoms with van der Waals surface area (Å²) < 4.78 is 31.7. The van der Waals surface area contributed by atoms with Gasteiger partial charge in [0.2, 0.25) is 0 Å². The van der Waals surface area contributed by atoms with E-state index >= 15 is 0 Å². The maximum Gasteiger partial charge on any atom is 0.490 e. The predicted octanol–water partition coefficient (Wildman–Crippen LogP) is 4.87. The Hall–Kier alpha value is -4.46. The summed E-state index contributed by atoms with van der Waals surface area (Å²) in [5.41, 5.74) is 2.33. The van der Waals surface area contributed by atoms with Gasteiger partial charge in [-0.2, -0.15) is 24.5 Å². The summed E-state index contributed by atoms with van der Waals surface area (Å²) in [5, 5.41) is 14.0. The van der Waals surface area contributed by atoms with Gasteiger partial charge in [0, 0.05) is 42.2 Å². The van der Waals surface area contributed by atoms with Crippen molar-refractivity contribution in [3.05, 3.63) is 71.1 Å². The van der Waals surface area contributed by atoms with Crippen molar-refractivity contribution >= 4 is 41.0 Å². The number of imide groups is 1. The molecule has 0 spiro atoms. The van der Waals surface area contributed by atoms with Crippen molar-refractivity contribution in [2.75, 3.05) is 25.0 Å². The van der Waals surface area contributed by atoms with Gasteiger partial charge < -0.3 is 20.2 Å². The van der Waals surface area contributed by atoms with Crippen LogP contribution in [-0.4, -0.2) is 86.1 Å². The van der Waals surface area contributed by atoms with Crippen LogP contribution >= 0.6 is 11.3 Å². The summed E-state index contributed by atoms with van der Waals surface area (Å²) in [7, 11) is 0. The fraction of sp³-hybridized carbons (Fsp3) is 0.321. The first kappa shape index (κ1) is 29.0. The zero-order chi connectivity index (χ0) is 30.2. The van der Waals surface area contributed by atoms with Gasteiger partial charge in [-0.15, -0.1) is 0 Å². The molecular formula is C28H26F3N5O5S. The van der Waals surface area contributed by atoms with E-state index in [-0.39, 0.29) is 36.5 Å². The number of halogens is 3. The van der Waals surface area contributed by atoms with Crippen LogP contribution in [-0.2, 0) is 9.59 Å². The van der Waals surface area contributed by atoms with E-state index in [2.05, 4.69) is 10.3 Å². The fourth-order valence-electron chi connectivity index (χ4n) is 5.29. The number of alkyl halides is 3. The number of urea groups is 2. The van der Waals surface area contributed by atoms with Crippen LogP contribution < -0.4 is 5.32 Å². The molecule has 10 nitrogen and oxygen atoms in total. The maximum atomic E-state index is 13.6. The van der Waals surface area contributed by atoms with Crippen LogP contribution in [0.5, 0.6) is 0 Å². The molecule has 2 aromatic heterocycles. The molecule has 1 aromatic carbocycles. The number of carbonyl (C=O) groups is 4. The number of piperazine rings is 1. The van der Waals surface area contributed by atoms with E-state index < -0.39 is 17.7 Å². The van der Waals surface area contributed by atoms with Gasteiger partial charge in [-0.1, -0.05) is 30.3 Å². The maximum absolute atomic E-state index is 13.6. The Bertz CT molecular complexity index is 1500. The molecule has 4 heterocycles. The molecule has 1 saturated carbocycles. The Kier molecular flexibility index (Phi) is 7.66. The first-order valence-corrected chi connectivity index (χ1v) is 13.9. The monoisotopic (exact) mass is 601 g/mol. The van der Waals surface area contributed by atoms with Crippen LogP contribution in [0.2, 0.25) is 0 Å². The smallest absolute Gasteiger partial charge is 0.475 e. The summed E-state index contributed by atoms with van der Waals surface area (Å²) in [5.74, 6) is -2.80. The molecule has 42 heavy (non-hydrogen) atoms. The Morgan fingerprint density at radius 3 is 2.45 bits per heavy atom. The van der Waals surface area contributed by atoms with Gasteiger partial charge >= 0.3 is 24.2 Å². The number of rotatable bonds is 4. The standard InChI is InChI=1S/C26H25N5O3S.C2HF3O2/c1-26-16-29(24(33)28-20-8-5-10-27-22(20)18-9-13-35-15-18)11-12-30(26)25(34)31(23(26)32)21-14-19(21)17-6-3-2-4-7-17;3-2(4,5)1(6)7/h2-10,13,15,19,21H,11-12,14,16H2,1H3,(H,28,33);(H,6,7)/t19-,21+,26+;/m1./s1. The average Bonchev–Trinajstić information content (AvgIpc) is 3.47. The van der Waals surface area contributed by atoms with Gasteiger partial charge in [0.25, 0.3) is 5.91 Å². The van der Waals surface area contributed by atoms with Crippen LogP contribution in [0.15, 0.2) is 65.5 Å². The SMILES string of the molecule is C[C@@]12CN(C(=O)Nc3cccnc3-c3ccsc3)CCN1C(=O)N([C@H]1C[C@@H]1c1ccccc1)C2=O.O=C(O)C(F)(F)F. The number of aromatic nitrogens is 1. The number of nitrogens with zero attached hydrogens (tertiary/aromatic N) is 4. The lowest BCUT2D eigenvalue weighted by Crippen LogP contribution is -2.62. The van der Waals surface area contributed by atoms with Crippen LogP contribution in [0.1, 0.15) is 24.8 Å². The van der Waals surface area contributed by atoms with Crippen LogP contribution in [0.4, 0.5) is 28.4 Å². The molecule has 3 aliphatic rings. The summed E-state index contributed by atoms with van der Waals surface area (Å²) in [6, 6.07) is 14.9. The third-order valence-electron chi connectivity index (χ3n) is 7.49. The van der Waals surface area contributed by atoms with Crippen molar-refractivity contribution in [1.82, 2.24) is 19.7 Å². The highest BCUT2D eigenvalue weighted by Crippen LogP contribution is 2.48. The number of carboxylic acids is 1. The Morgan fingerprint density at radius 1 is 1.10 bits per heavy atom. The molecule has 0 unspecified atom stereocenters. The number of anilines is 1. The molecule has 220 valence electrons. The molecule has 2 saturated heterocycles. The number of carbonyl (C=O) groups excluding carboxylic acids is 3. The lowest BCUT2D eigenvalue weighted by molar-refractivity contribution is -0.192. The molecule has 3 aromatic rings. The van der Waals surface area contributed by atoms with E-state index in [4.69, 9.17) is 9.90 Å². The second-order valence-corrected chi connectivity index (χ2v) is 11.0. The Labute approximate surface area is 242 Å². The molecule has 2 aliphatic heterocycles. The van der Waals surface area contributed by atoms with Crippen LogP contribution in [0.25, 0.3) is 11.3 Å². The number of hydrogen-bond acceptors (Lipinski definition) is 6. The van der Waals surface area contributed by atoms with Crippen molar-refractivity contribution in [2.45, 2.75) is 37.0 Å². The second-order valence-electron chi connectivity index (χ2n) is 10.3. The summed E-state index contributed by atoms with van der Waals surface area (Å²) in [6.45, 7) is 2.59. The number of nitrogens with one attached hydrogen (secondary N) is 1. The van der Waals surface area contributed by atoms with Gasteiger partial charge in [0.1, 0.15) is 5.54 Å². The Morgan fingerprint density at radius 2 is 1.81 bits per heavy atom. The van der Waals surface area contributed by atoms with Crippen LogP contribution in [0, 0.1) is 0 Å². The average molecular weight is 602 g/mol. The van der Waals surface area contributed by atoms with Crippen molar-refractivity contribution in [3.63, 3.8) is 0 Å². The largest absolute Gasteiger partial charge is 0.490 e. The van der Waals surface area contributed by atoms with E-state index in [1.54, 1.807) is 40.3 Å². The number of hydrogen-bond donors (Lipinski definition) is 2. The molecule has 6 rings (SSSR count). The minimum atomic E-state index is -5.08. The normalized spacial score (nSPS) is 23.2. The van der Waals surface area contributed by atoms with E-state index in [0.29, 0.717) is 24.5 Å². The van der Waals surface area contributed by atoms with Gasteiger partial charge in [-0.05, 0) is 42.5 Å². The molecule has 5 amide bonds. The second kappa shape index (κ2) is 11.1. The minimum Gasteiger partial charge on any atom is -0.475 e. The van der Waals surface area contributed by atoms with E-state index in [9.17, 15) is 27.6 Å². The highest BCUT2D eigenvalue weighted by Gasteiger charge is 2.62. The van der Waals surface area contributed by atoms with Crippen molar-refractivity contribution < 1.29 is 37.5 Å². The highest BCUT2D eigenvalue weighted by atomic mass is 32.1. The van der Waals surface area contributed by atoms with Gasteiger partial charge in [-0.3, -0.25) is 14.7 Å². The van der Waals surface area contributed by atoms with E-state index in [1.807, 2.05) is 53.2 Å². The number of pyridine rings is 1. The number of carboxylic acid groups (broad SMARTS) is 1. The van der Waals surface area contributed by atoms with Crippen LogP contribution in [0.3, 0.4) is 0 Å². The number of thiophene rings is 1. The summed E-state index contributed by atoms with van der Waals surface area (Å²) in [6.07, 6.45) is -2.61. The fourth-order valence-corrected chi connectivity index (χ4v) is 5.93. The van der Waals surface area contributed by atoms with E-state index in [1.165, 1.54) is 4.90 Å². The molecule has 3 fully saturated rings. The van der Waals surface area contributed by atoms with E-state index in [0.717, 1.165) is 17.5 Å². The Balaban J connectivity index is 0.000000451. The van der Waals surface area contributed by atoms with Gasteiger partial charge in [0.05, 0.1) is 17.9 Å². The molecular weight excluding hydrogens is 575 g/mol. The number of amides is 5. The third kappa shape index (κ3) is 5.53. The molecule has 14 heteroatoms. The minimum absolute atomic E-state index is 0.120. The number of benzene rings is 1. The van der Waals surface area contributed by atoms with Gasteiger partial charge in [-0.25, -0.2) is 14.4 Å². The molecule has 0 bridgehead atoms. The van der Waals surface area contributed by atoms with Gasteiger partial charge in [0.15, 0.2) is 0 Å².